The highest BCUT2D eigenvalue weighted by Gasteiger charge is 2.34. The van der Waals surface area contributed by atoms with E-state index in [0.717, 1.165) is 0 Å². The lowest BCUT2D eigenvalue weighted by Gasteiger charge is -2.36. The molecule has 1 aliphatic heterocycles. The number of sulfonamides is 1. The van der Waals surface area contributed by atoms with E-state index in [1.807, 2.05) is 19.9 Å². The Morgan fingerprint density at radius 3 is 2.53 bits per heavy atom. The first-order valence-corrected chi connectivity index (χ1v) is 7.55. The van der Waals surface area contributed by atoms with Crippen LogP contribution in [0, 0.1) is 17.8 Å². The van der Waals surface area contributed by atoms with Crippen LogP contribution in [0.3, 0.4) is 0 Å². The van der Waals surface area contributed by atoms with Crippen LogP contribution < -0.4 is 0 Å². The van der Waals surface area contributed by atoms with Crippen LogP contribution in [0.25, 0.3) is 0 Å². The zero-order valence-corrected chi connectivity index (χ0v) is 11.9. The minimum absolute atomic E-state index is 0.0836. The molecule has 0 spiro atoms. The molecule has 0 amide bonds. The fourth-order valence-corrected chi connectivity index (χ4v) is 3.57. The van der Waals surface area contributed by atoms with Crippen molar-refractivity contribution in [3.63, 3.8) is 0 Å². The molecule has 0 saturated carbocycles. The first kappa shape index (κ1) is 13.7. The van der Waals surface area contributed by atoms with Crippen molar-refractivity contribution in [2.24, 2.45) is 5.41 Å². The molecule has 0 aromatic heterocycles. The first-order chi connectivity index (χ1) is 8.87. The topological polar surface area (TPSA) is 37.4 Å². The molecule has 1 unspecified atom stereocenters. The lowest BCUT2D eigenvalue weighted by atomic mass is 9.84. The molecule has 1 aromatic rings. The maximum absolute atomic E-state index is 12.5. The van der Waals surface area contributed by atoms with Crippen LogP contribution in [0.4, 0.5) is 0 Å². The number of terminal acetylenes is 1. The largest absolute Gasteiger partial charge is 0.264 e. The van der Waals surface area contributed by atoms with Gasteiger partial charge in [-0.3, -0.25) is 4.31 Å². The third-order valence-electron chi connectivity index (χ3n) is 3.21. The number of rotatable bonds is 2. The first-order valence-electron chi connectivity index (χ1n) is 6.11. The van der Waals surface area contributed by atoms with Gasteiger partial charge in [0.05, 0.1) is 4.90 Å². The lowest BCUT2D eigenvalue weighted by Crippen LogP contribution is -2.41. The molecule has 1 atom stereocenters. The van der Waals surface area contributed by atoms with Gasteiger partial charge in [0.15, 0.2) is 0 Å². The summed E-state index contributed by atoms with van der Waals surface area (Å²) in [6.45, 7) is 4.08. The Balaban J connectivity index is 2.44. The molecule has 4 heteroatoms. The van der Waals surface area contributed by atoms with E-state index in [4.69, 9.17) is 6.42 Å². The Morgan fingerprint density at radius 1 is 1.32 bits per heavy atom. The zero-order chi connectivity index (χ0) is 14.1. The minimum Gasteiger partial charge on any atom is -0.259 e. The summed E-state index contributed by atoms with van der Waals surface area (Å²) < 4.78 is 26.4. The van der Waals surface area contributed by atoms with Gasteiger partial charge in [-0.2, -0.15) is 0 Å². The van der Waals surface area contributed by atoms with E-state index in [0.29, 0.717) is 6.42 Å². The van der Waals surface area contributed by atoms with Gasteiger partial charge in [-0.1, -0.05) is 44.0 Å². The van der Waals surface area contributed by atoms with Crippen LogP contribution in [0.15, 0.2) is 47.5 Å². The van der Waals surface area contributed by atoms with Crippen LogP contribution in [0.1, 0.15) is 20.3 Å². The lowest BCUT2D eigenvalue weighted by molar-refractivity contribution is 0.309. The molecule has 0 aliphatic carbocycles. The van der Waals surface area contributed by atoms with Gasteiger partial charge >= 0.3 is 0 Å². The van der Waals surface area contributed by atoms with Gasteiger partial charge in [-0.15, -0.1) is 6.42 Å². The van der Waals surface area contributed by atoms with Gasteiger partial charge in [-0.05, 0) is 24.0 Å². The molecule has 19 heavy (non-hydrogen) atoms. The Hall–Kier alpha value is -1.73. The Kier molecular flexibility index (Phi) is 3.42. The fourth-order valence-electron chi connectivity index (χ4n) is 2.13. The molecule has 100 valence electrons. The Labute approximate surface area is 115 Å². The van der Waals surface area contributed by atoms with Gasteiger partial charge in [0.25, 0.3) is 10.0 Å². The summed E-state index contributed by atoms with van der Waals surface area (Å²) >= 11 is 0. The number of nitrogens with zero attached hydrogens (tertiary/aromatic N) is 1. The summed E-state index contributed by atoms with van der Waals surface area (Å²) in [6, 6.07) is 7.91. The molecule has 0 bridgehead atoms. The maximum Gasteiger partial charge on any atom is 0.264 e. The Morgan fingerprint density at radius 2 is 1.95 bits per heavy atom. The smallest absolute Gasteiger partial charge is 0.259 e. The maximum atomic E-state index is 12.5. The van der Waals surface area contributed by atoms with Crippen molar-refractivity contribution in [1.82, 2.24) is 4.31 Å². The van der Waals surface area contributed by atoms with Gasteiger partial charge in [0.2, 0.25) is 0 Å². The highest BCUT2D eigenvalue weighted by molar-refractivity contribution is 7.89. The zero-order valence-electron chi connectivity index (χ0n) is 11.1. The van der Waals surface area contributed by atoms with E-state index in [-0.39, 0.29) is 10.3 Å². The molecular weight excluding hydrogens is 258 g/mol. The molecule has 2 rings (SSSR count). The fraction of sp³-hybridized carbons (Fsp3) is 0.333. The minimum atomic E-state index is -3.57. The summed E-state index contributed by atoms with van der Waals surface area (Å²) in [5.41, 5.74) is -0.0836. The van der Waals surface area contributed by atoms with E-state index in [1.54, 1.807) is 36.5 Å². The van der Waals surface area contributed by atoms with Crippen LogP contribution in [0.2, 0.25) is 0 Å². The predicted molar refractivity (Wildman–Crippen MR) is 75.6 cm³/mol. The molecule has 0 saturated heterocycles. The van der Waals surface area contributed by atoms with Crippen LogP contribution in [-0.2, 0) is 10.0 Å². The van der Waals surface area contributed by atoms with Crippen molar-refractivity contribution in [3.8, 4) is 12.3 Å². The van der Waals surface area contributed by atoms with Crippen molar-refractivity contribution in [1.29, 1.82) is 0 Å². The van der Waals surface area contributed by atoms with Crippen molar-refractivity contribution in [2.75, 3.05) is 0 Å². The van der Waals surface area contributed by atoms with Gasteiger partial charge in [-0.25, -0.2) is 8.42 Å². The second-order valence-corrected chi connectivity index (χ2v) is 7.18. The van der Waals surface area contributed by atoms with Crippen LogP contribution >= 0.6 is 0 Å². The molecule has 0 radical (unpaired) electrons. The molecule has 1 aromatic carbocycles. The summed E-state index contributed by atoms with van der Waals surface area (Å²) in [6.07, 6.45) is 9.60. The SMILES string of the molecule is C#CC1CC(C)(C)C=CN1S(=O)(=O)c1ccccc1. The van der Waals surface area contributed by atoms with Crippen molar-refractivity contribution >= 4 is 10.0 Å². The van der Waals surface area contributed by atoms with E-state index >= 15 is 0 Å². The predicted octanol–water partition coefficient (Wildman–Crippen LogP) is 2.62. The number of hydrogen-bond donors (Lipinski definition) is 0. The van der Waals surface area contributed by atoms with Gasteiger partial charge < -0.3 is 0 Å². The normalized spacial score (nSPS) is 21.9. The average Bonchev–Trinajstić information content (AvgIpc) is 2.38. The molecule has 3 nitrogen and oxygen atoms in total. The number of benzene rings is 1. The van der Waals surface area contributed by atoms with Crippen LogP contribution in [-0.4, -0.2) is 18.8 Å². The second-order valence-electron chi connectivity index (χ2n) is 5.34. The van der Waals surface area contributed by atoms with Crippen molar-refractivity contribution < 1.29 is 8.42 Å². The van der Waals surface area contributed by atoms with Crippen LogP contribution in [0.5, 0.6) is 0 Å². The van der Waals surface area contributed by atoms with E-state index in [9.17, 15) is 8.42 Å². The number of allylic oxidation sites excluding steroid dienone is 1. The van der Waals surface area contributed by atoms with E-state index < -0.39 is 16.1 Å². The molecule has 1 heterocycles. The van der Waals surface area contributed by atoms with Crippen molar-refractivity contribution in [3.05, 3.63) is 42.6 Å². The monoisotopic (exact) mass is 275 g/mol. The third-order valence-corrected chi connectivity index (χ3v) is 5.01. The average molecular weight is 275 g/mol. The number of hydrogen-bond acceptors (Lipinski definition) is 2. The quantitative estimate of drug-likeness (QED) is 0.778. The summed E-state index contributed by atoms with van der Waals surface area (Å²) in [5, 5.41) is 0. The highest BCUT2D eigenvalue weighted by atomic mass is 32.2. The Bertz CT molecular complexity index is 624. The van der Waals surface area contributed by atoms with Gasteiger partial charge in [0.1, 0.15) is 6.04 Å². The molecular formula is C15H17NO2S. The second kappa shape index (κ2) is 4.75. The van der Waals surface area contributed by atoms with Crippen molar-refractivity contribution in [2.45, 2.75) is 31.2 Å². The molecule has 1 aliphatic rings. The summed E-state index contributed by atoms with van der Waals surface area (Å²) in [7, 11) is -3.57. The highest BCUT2D eigenvalue weighted by Crippen LogP contribution is 2.33. The third kappa shape index (κ3) is 2.66. The standard InChI is InChI=1S/C15H17NO2S/c1-4-13-12-15(2,3)10-11-16(13)19(17,18)14-8-6-5-7-9-14/h1,5-11,13H,12H2,2-3H3. The van der Waals surface area contributed by atoms with E-state index in [2.05, 4.69) is 5.92 Å². The van der Waals surface area contributed by atoms with E-state index in [1.165, 1.54) is 4.31 Å². The van der Waals surface area contributed by atoms with Gasteiger partial charge in [0, 0.05) is 6.20 Å². The summed E-state index contributed by atoms with van der Waals surface area (Å²) in [4.78, 5) is 0.264. The molecule has 0 N–H and O–H groups in total. The molecule has 0 fully saturated rings. The summed E-state index contributed by atoms with van der Waals surface area (Å²) in [5.74, 6) is 2.58.